The second-order valence-corrected chi connectivity index (χ2v) is 13.6. The minimum atomic E-state index is -0.548. The number of aromatic nitrogens is 1. The van der Waals surface area contributed by atoms with Crippen LogP contribution in [0, 0.1) is 20.8 Å². The van der Waals surface area contributed by atoms with Gasteiger partial charge in [0.05, 0.1) is 0 Å². The lowest BCUT2D eigenvalue weighted by Gasteiger charge is -2.37. The first-order valence-electron chi connectivity index (χ1n) is 16.4. The maximum atomic E-state index is 13.9. The van der Waals surface area contributed by atoms with Gasteiger partial charge in [-0.05, 0) is 114 Å². The van der Waals surface area contributed by atoms with Crippen LogP contribution in [0.2, 0.25) is 0 Å². The van der Waals surface area contributed by atoms with Crippen molar-refractivity contribution in [1.82, 2.24) is 15.6 Å². The quantitative estimate of drug-likeness (QED) is 0.257. The highest BCUT2D eigenvalue weighted by Crippen LogP contribution is 2.42. The van der Waals surface area contributed by atoms with E-state index in [2.05, 4.69) is 51.7 Å². The SMILES string of the molecule is CCN(c1cc(-c2cccc([C@H]3C[C@@H]3NC(=O)OC(C)(C)C)c2)cc(C(=O)NCc2c(C)cc(C)[nH]c2=O)c1C)C1CCOCC1. The number of aryl methyl sites for hydroxylation is 2. The fraction of sp³-hybridized carbons (Fsp3) is 0.486. The molecule has 1 saturated heterocycles. The third kappa shape index (κ3) is 7.81. The number of hydrogen-bond donors (Lipinski definition) is 3. The lowest BCUT2D eigenvalue weighted by Crippen LogP contribution is -2.40. The normalized spacial score (nSPS) is 18.2. The van der Waals surface area contributed by atoms with Gasteiger partial charge in [0.1, 0.15) is 5.60 Å². The van der Waals surface area contributed by atoms with Crippen LogP contribution in [0.3, 0.4) is 0 Å². The van der Waals surface area contributed by atoms with E-state index in [1.165, 1.54) is 0 Å². The molecule has 9 nitrogen and oxygen atoms in total. The van der Waals surface area contributed by atoms with E-state index in [0.717, 1.165) is 78.2 Å². The molecule has 0 spiro atoms. The Morgan fingerprint density at radius 2 is 1.78 bits per heavy atom. The standard InChI is InChI=1S/C37H48N4O5/c1-8-41(28-12-14-45-15-13-28)33-19-27(18-29(24(33)4)34(42)38-21-31-22(2)16-23(3)39-35(31)43)25-10-9-11-26(17-25)30-20-32(30)40-36(44)46-37(5,6)7/h9-11,16-19,28,30,32H,8,12-15,20-21H2,1-7H3,(H,38,42)(H,39,43)(H,40,44)/t30-,32+/m1/s1. The number of amides is 2. The van der Waals surface area contributed by atoms with Crippen molar-refractivity contribution in [2.45, 2.75) is 97.9 Å². The van der Waals surface area contributed by atoms with E-state index in [0.29, 0.717) is 17.2 Å². The summed E-state index contributed by atoms with van der Waals surface area (Å²) < 4.78 is 11.1. The molecule has 0 radical (unpaired) electrons. The lowest BCUT2D eigenvalue weighted by molar-refractivity contribution is 0.0522. The van der Waals surface area contributed by atoms with Gasteiger partial charge in [-0.15, -0.1) is 0 Å². The summed E-state index contributed by atoms with van der Waals surface area (Å²) in [6, 6.07) is 14.8. The van der Waals surface area contributed by atoms with Crippen molar-refractivity contribution in [2.75, 3.05) is 24.7 Å². The molecule has 2 atom stereocenters. The van der Waals surface area contributed by atoms with Gasteiger partial charge in [0.2, 0.25) is 0 Å². The van der Waals surface area contributed by atoms with Crippen LogP contribution in [0.4, 0.5) is 10.5 Å². The first kappa shape index (κ1) is 33.3. The highest BCUT2D eigenvalue weighted by Gasteiger charge is 2.40. The van der Waals surface area contributed by atoms with Crippen LogP contribution in [-0.4, -0.2) is 54.4 Å². The zero-order valence-corrected chi connectivity index (χ0v) is 28.2. The molecule has 1 aliphatic heterocycles. The Balaban J connectivity index is 1.46. The number of nitrogens with zero attached hydrogens (tertiary/aromatic N) is 1. The second-order valence-electron chi connectivity index (χ2n) is 13.6. The first-order valence-corrected chi connectivity index (χ1v) is 16.4. The third-order valence-electron chi connectivity index (χ3n) is 8.97. The van der Waals surface area contributed by atoms with E-state index in [-0.39, 0.29) is 30.0 Å². The summed E-state index contributed by atoms with van der Waals surface area (Å²) >= 11 is 0. The number of carbonyl (C=O) groups excluding carboxylic acids is 2. The number of H-pyrrole nitrogens is 1. The van der Waals surface area contributed by atoms with Crippen molar-refractivity contribution < 1.29 is 19.1 Å². The van der Waals surface area contributed by atoms with Gasteiger partial charge in [-0.2, -0.15) is 0 Å². The summed E-state index contributed by atoms with van der Waals surface area (Å²) in [7, 11) is 0. The summed E-state index contributed by atoms with van der Waals surface area (Å²) in [5.74, 6) is -0.0200. The number of hydrogen-bond acceptors (Lipinski definition) is 6. The van der Waals surface area contributed by atoms with E-state index in [4.69, 9.17) is 9.47 Å². The molecule has 0 bridgehead atoms. The Kier molecular flexibility index (Phi) is 9.91. The van der Waals surface area contributed by atoms with Gasteiger partial charge in [-0.1, -0.05) is 24.3 Å². The first-order chi connectivity index (χ1) is 21.8. The zero-order chi connectivity index (χ0) is 33.2. The Morgan fingerprint density at radius 3 is 2.46 bits per heavy atom. The summed E-state index contributed by atoms with van der Waals surface area (Å²) in [6.45, 7) is 15.9. The van der Waals surface area contributed by atoms with Gasteiger partial charge in [0, 0.05) is 66.8 Å². The number of ether oxygens (including phenoxy) is 2. The number of alkyl carbamates (subject to hydrolysis) is 1. The second kappa shape index (κ2) is 13.7. The van der Waals surface area contributed by atoms with Crippen molar-refractivity contribution in [3.8, 4) is 11.1 Å². The van der Waals surface area contributed by atoms with Crippen molar-refractivity contribution in [3.63, 3.8) is 0 Å². The molecule has 0 unspecified atom stereocenters. The Bertz CT molecular complexity index is 1650. The molecule has 3 N–H and O–H groups in total. The monoisotopic (exact) mass is 628 g/mol. The van der Waals surface area contributed by atoms with Crippen LogP contribution in [0.5, 0.6) is 0 Å². The third-order valence-corrected chi connectivity index (χ3v) is 8.97. The van der Waals surface area contributed by atoms with E-state index >= 15 is 0 Å². The van der Waals surface area contributed by atoms with Crippen LogP contribution in [0.15, 0.2) is 47.3 Å². The van der Waals surface area contributed by atoms with Crippen LogP contribution < -0.4 is 21.1 Å². The van der Waals surface area contributed by atoms with Gasteiger partial charge < -0.3 is 30.0 Å². The molecule has 2 aromatic carbocycles. The molecule has 1 aromatic heterocycles. The highest BCUT2D eigenvalue weighted by atomic mass is 16.6. The molecule has 9 heteroatoms. The van der Waals surface area contributed by atoms with Crippen molar-refractivity contribution in [1.29, 1.82) is 0 Å². The maximum Gasteiger partial charge on any atom is 0.407 e. The molecule has 46 heavy (non-hydrogen) atoms. The number of pyridine rings is 1. The van der Waals surface area contributed by atoms with Crippen molar-refractivity contribution in [3.05, 3.63) is 86.3 Å². The summed E-state index contributed by atoms with van der Waals surface area (Å²) in [5, 5.41) is 6.03. The molecular formula is C37H48N4O5. The molecule has 3 aromatic rings. The Morgan fingerprint density at radius 1 is 1.04 bits per heavy atom. The maximum absolute atomic E-state index is 13.9. The van der Waals surface area contributed by atoms with Crippen LogP contribution in [-0.2, 0) is 16.0 Å². The largest absolute Gasteiger partial charge is 0.444 e. The van der Waals surface area contributed by atoms with E-state index in [1.54, 1.807) is 0 Å². The smallest absolute Gasteiger partial charge is 0.407 e. The van der Waals surface area contributed by atoms with Crippen molar-refractivity contribution >= 4 is 17.7 Å². The number of nitrogens with one attached hydrogen (secondary N) is 3. The molecular weight excluding hydrogens is 580 g/mol. The van der Waals surface area contributed by atoms with Gasteiger partial charge in [-0.25, -0.2) is 4.79 Å². The highest BCUT2D eigenvalue weighted by molar-refractivity contribution is 5.99. The predicted molar refractivity (Wildman–Crippen MR) is 182 cm³/mol. The summed E-state index contributed by atoms with van der Waals surface area (Å²) in [4.78, 5) is 44.1. The van der Waals surface area contributed by atoms with Gasteiger partial charge >= 0.3 is 6.09 Å². The number of aromatic amines is 1. The van der Waals surface area contributed by atoms with E-state index < -0.39 is 11.7 Å². The topological polar surface area (TPSA) is 113 Å². The minimum Gasteiger partial charge on any atom is -0.444 e. The molecule has 246 valence electrons. The molecule has 2 amide bonds. The fourth-order valence-corrected chi connectivity index (χ4v) is 6.52. The summed E-state index contributed by atoms with van der Waals surface area (Å²) in [5.41, 5.74) is 7.07. The van der Waals surface area contributed by atoms with Crippen molar-refractivity contribution in [2.24, 2.45) is 0 Å². The molecule has 2 heterocycles. The van der Waals surface area contributed by atoms with Crippen LogP contribution in [0.1, 0.15) is 91.2 Å². The number of carbonyl (C=O) groups is 2. The van der Waals surface area contributed by atoms with Gasteiger partial charge in [0.15, 0.2) is 0 Å². The van der Waals surface area contributed by atoms with Gasteiger partial charge in [-0.3, -0.25) is 9.59 Å². The molecule has 2 aliphatic rings. The molecule has 5 rings (SSSR count). The summed E-state index contributed by atoms with van der Waals surface area (Å²) in [6.07, 6.45) is 2.31. The Labute approximate surface area is 272 Å². The predicted octanol–water partition coefficient (Wildman–Crippen LogP) is 6.28. The van der Waals surface area contributed by atoms with E-state index in [1.807, 2.05) is 59.7 Å². The fourth-order valence-electron chi connectivity index (χ4n) is 6.52. The lowest BCUT2D eigenvalue weighted by atomic mass is 9.94. The molecule has 1 aliphatic carbocycles. The van der Waals surface area contributed by atoms with Crippen LogP contribution >= 0.6 is 0 Å². The average Bonchev–Trinajstić information content (AvgIpc) is 3.76. The van der Waals surface area contributed by atoms with Crippen LogP contribution in [0.25, 0.3) is 11.1 Å². The number of anilines is 1. The zero-order valence-electron chi connectivity index (χ0n) is 28.2. The Hall–Kier alpha value is -4.11. The molecule has 2 fully saturated rings. The average molecular weight is 629 g/mol. The number of rotatable bonds is 9. The number of benzene rings is 2. The van der Waals surface area contributed by atoms with E-state index in [9.17, 15) is 14.4 Å². The minimum absolute atomic E-state index is 0.0255. The van der Waals surface area contributed by atoms with Gasteiger partial charge in [0.25, 0.3) is 11.5 Å². The molecule has 1 saturated carbocycles.